The van der Waals surface area contributed by atoms with Crippen LogP contribution in [0.2, 0.25) is 0 Å². The van der Waals surface area contributed by atoms with Gasteiger partial charge < -0.3 is 4.98 Å². The van der Waals surface area contributed by atoms with Crippen molar-refractivity contribution in [2.75, 3.05) is 0 Å². The van der Waals surface area contributed by atoms with E-state index in [1.54, 1.807) is 6.33 Å². The van der Waals surface area contributed by atoms with Crippen molar-refractivity contribution in [2.24, 2.45) is 5.92 Å². The highest BCUT2D eigenvalue weighted by molar-refractivity contribution is 5.76. The first kappa shape index (κ1) is 8.49. The molecule has 74 valence electrons. The number of aromatic amines is 1. The Hall–Kier alpha value is -1.82. The van der Waals surface area contributed by atoms with Crippen LogP contribution in [0.1, 0.15) is 18.9 Å². The molecule has 0 saturated heterocycles. The molecule has 1 fully saturated rings. The monoisotopic (exact) mass is 197 g/mol. The SMILES string of the molecule is CC1CC1(C#N)c1ccc2nc[nH]c2c1. The lowest BCUT2D eigenvalue weighted by Crippen LogP contribution is -2.05. The molecule has 0 radical (unpaired) electrons. The Morgan fingerprint density at radius 3 is 3.07 bits per heavy atom. The lowest BCUT2D eigenvalue weighted by Gasteiger charge is -2.06. The minimum atomic E-state index is -0.237. The van der Waals surface area contributed by atoms with Gasteiger partial charge in [0.15, 0.2) is 0 Å². The molecule has 1 aliphatic carbocycles. The molecule has 15 heavy (non-hydrogen) atoms. The minimum absolute atomic E-state index is 0.237. The van der Waals surface area contributed by atoms with Crippen molar-refractivity contribution >= 4 is 11.0 Å². The van der Waals surface area contributed by atoms with Gasteiger partial charge in [-0.3, -0.25) is 0 Å². The largest absolute Gasteiger partial charge is 0.345 e. The van der Waals surface area contributed by atoms with Crippen molar-refractivity contribution in [1.29, 1.82) is 5.26 Å². The van der Waals surface area contributed by atoms with E-state index in [-0.39, 0.29) is 5.41 Å². The molecule has 1 heterocycles. The Morgan fingerprint density at radius 1 is 1.60 bits per heavy atom. The Kier molecular flexibility index (Phi) is 1.47. The smallest absolute Gasteiger partial charge is 0.0931 e. The van der Waals surface area contributed by atoms with Gasteiger partial charge in [0.05, 0.1) is 28.8 Å². The number of imidazole rings is 1. The third kappa shape index (κ3) is 1.02. The summed E-state index contributed by atoms with van der Waals surface area (Å²) in [7, 11) is 0. The molecule has 2 aromatic rings. The highest BCUT2D eigenvalue weighted by atomic mass is 14.9. The van der Waals surface area contributed by atoms with Crippen LogP contribution < -0.4 is 0 Å². The van der Waals surface area contributed by atoms with E-state index in [9.17, 15) is 5.26 Å². The fourth-order valence-electron chi connectivity index (χ4n) is 2.26. The van der Waals surface area contributed by atoms with Gasteiger partial charge in [-0.2, -0.15) is 5.26 Å². The standard InChI is InChI=1S/C12H11N3/c1-8-5-12(8,6-13)9-2-3-10-11(4-9)15-7-14-10/h2-4,7-8H,5H2,1H3,(H,14,15). The third-order valence-corrected chi connectivity index (χ3v) is 3.44. The van der Waals surface area contributed by atoms with Gasteiger partial charge in [0.25, 0.3) is 0 Å². The summed E-state index contributed by atoms with van der Waals surface area (Å²) in [6.07, 6.45) is 2.66. The zero-order valence-corrected chi connectivity index (χ0v) is 8.49. The molecule has 1 aromatic heterocycles. The molecule has 1 aromatic carbocycles. The van der Waals surface area contributed by atoms with Crippen molar-refractivity contribution in [1.82, 2.24) is 9.97 Å². The molecule has 1 aliphatic rings. The van der Waals surface area contributed by atoms with Crippen molar-refractivity contribution in [2.45, 2.75) is 18.8 Å². The van der Waals surface area contributed by atoms with Crippen LogP contribution >= 0.6 is 0 Å². The molecule has 0 spiro atoms. The number of hydrogen-bond acceptors (Lipinski definition) is 2. The van der Waals surface area contributed by atoms with Crippen molar-refractivity contribution < 1.29 is 0 Å². The highest BCUT2D eigenvalue weighted by Gasteiger charge is 2.53. The lowest BCUT2D eigenvalue weighted by atomic mass is 9.95. The maximum atomic E-state index is 9.23. The van der Waals surface area contributed by atoms with Gasteiger partial charge in [0, 0.05) is 0 Å². The van der Waals surface area contributed by atoms with Gasteiger partial charge in [-0.05, 0) is 30.0 Å². The molecule has 2 unspecified atom stereocenters. The van der Waals surface area contributed by atoms with Crippen LogP contribution in [0.15, 0.2) is 24.5 Å². The second-order valence-electron chi connectivity index (χ2n) is 4.32. The third-order valence-electron chi connectivity index (χ3n) is 3.44. The lowest BCUT2D eigenvalue weighted by molar-refractivity contribution is 0.793. The van der Waals surface area contributed by atoms with E-state index in [0.29, 0.717) is 5.92 Å². The number of nitrogens with one attached hydrogen (secondary N) is 1. The molecule has 1 saturated carbocycles. The normalized spacial score (nSPS) is 28.9. The van der Waals surface area contributed by atoms with Crippen LogP contribution in [0.4, 0.5) is 0 Å². The molecular weight excluding hydrogens is 186 g/mol. The quantitative estimate of drug-likeness (QED) is 0.763. The van der Waals surface area contributed by atoms with Gasteiger partial charge in [-0.25, -0.2) is 4.98 Å². The zero-order chi connectivity index (χ0) is 10.5. The molecular formula is C12H11N3. The predicted octanol–water partition coefficient (Wildman–Crippen LogP) is 2.36. The molecule has 0 bridgehead atoms. The summed E-state index contributed by atoms with van der Waals surface area (Å²) in [6, 6.07) is 8.49. The average Bonchev–Trinajstić information content (AvgIpc) is 2.74. The van der Waals surface area contributed by atoms with E-state index in [4.69, 9.17) is 0 Å². The fourth-order valence-corrected chi connectivity index (χ4v) is 2.26. The molecule has 3 heteroatoms. The van der Waals surface area contributed by atoms with Crippen molar-refractivity contribution in [3.8, 4) is 6.07 Å². The van der Waals surface area contributed by atoms with Crippen molar-refractivity contribution in [3.63, 3.8) is 0 Å². The van der Waals surface area contributed by atoms with E-state index in [2.05, 4.69) is 29.0 Å². The number of fused-ring (bicyclic) bond motifs is 1. The van der Waals surface area contributed by atoms with Crippen LogP contribution in [0.3, 0.4) is 0 Å². The van der Waals surface area contributed by atoms with E-state index in [1.165, 1.54) is 0 Å². The Labute approximate surface area is 87.8 Å². The summed E-state index contributed by atoms with van der Waals surface area (Å²) in [6.45, 7) is 2.13. The first-order valence-electron chi connectivity index (χ1n) is 5.11. The van der Waals surface area contributed by atoms with E-state index in [1.807, 2.05) is 12.1 Å². The zero-order valence-electron chi connectivity index (χ0n) is 8.49. The summed E-state index contributed by atoms with van der Waals surface area (Å²) < 4.78 is 0. The predicted molar refractivity (Wildman–Crippen MR) is 57.2 cm³/mol. The number of rotatable bonds is 1. The maximum absolute atomic E-state index is 9.23. The number of hydrogen-bond donors (Lipinski definition) is 1. The molecule has 1 N–H and O–H groups in total. The van der Waals surface area contributed by atoms with Crippen LogP contribution in [0.25, 0.3) is 11.0 Å². The molecule has 0 aliphatic heterocycles. The fraction of sp³-hybridized carbons (Fsp3) is 0.333. The maximum Gasteiger partial charge on any atom is 0.0931 e. The van der Waals surface area contributed by atoms with Gasteiger partial charge >= 0.3 is 0 Å². The van der Waals surface area contributed by atoms with Gasteiger partial charge in [-0.1, -0.05) is 13.0 Å². The molecule has 3 rings (SSSR count). The van der Waals surface area contributed by atoms with E-state index < -0.39 is 0 Å². The number of aromatic nitrogens is 2. The number of nitriles is 1. The van der Waals surface area contributed by atoms with Crippen molar-refractivity contribution in [3.05, 3.63) is 30.1 Å². The highest BCUT2D eigenvalue weighted by Crippen LogP contribution is 2.53. The van der Waals surface area contributed by atoms with Gasteiger partial charge in [-0.15, -0.1) is 0 Å². The second-order valence-corrected chi connectivity index (χ2v) is 4.32. The van der Waals surface area contributed by atoms with E-state index >= 15 is 0 Å². The summed E-state index contributed by atoms with van der Waals surface area (Å²) in [4.78, 5) is 7.25. The Balaban J connectivity index is 2.16. The summed E-state index contributed by atoms with van der Waals surface area (Å²) >= 11 is 0. The summed E-state index contributed by atoms with van der Waals surface area (Å²) in [5.74, 6) is 0.475. The molecule has 3 nitrogen and oxygen atoms in total. The minimum Gasteiger partial charge on any atom is -0.345 e. The Morgan fingerprint density at radius 2 is 2.40 bits per heavy atom. The van der Waals surface area contributed by atoms with Gasteiger partial charge in [0.1, 0.15) is 0 Å². The number of H-pyrrole nitrogens is 1. The van der Waals surface area contributed by atoms with Crippen LogP contribution in [0, 0.1) is 17.2 Å². The Bertz CT molecular complexity index is 563. The van der Waals surface area contributed by atoms with Crippen LogP contribution in [0.5, 0.6) is 0 Å². The molecule has 2 atom stereocenters. The summed E-state index contributed by atoms with van der Waals surface area (Å²) in [5, 5.41) is 9.23. The number of benzene rings is 1. The van der Waals surface area contributed by atoms with Gasteiger partial charge in [0.2, 0.25) is 0 Å². The first-order valence-corrected chi connectivity index (χ1v) is 5.11. The molecule has 0 amide bonds. The topological polar surface area (TPSA) is 52.5 Å². The van der Waals surface area contributed by atoms with Crippen LogP contribution in [-0.2, 0) is 5.41 Å². The number of nitrogens with zero attached hydrogens (tertiary/aromatic N) is 2. The summed E-state index contributed by atoms with van der Waals surface area (Å²) in [5.41, 5.74) is 2.86. The average molecular weight is 197 g/mol. The van der Waals surface area contributed by atoms with E-state index in [0.717, 1.165) is 23.0 Å². The van der Waals surface area contributed by atoms with Crippen LogP contribution in [-0.4, -0.2) is 9.97 Å². The first-order chi connectivity index (χ1) is 7.26. The second kappa shape index (κ2) is 2.60.